The van der Waals surface area contributed by atoms with E-state index in [1.807, 2.05) is 43.3 Å². The fraction of sp³-hybridized carbons (Fsp3) is 0.400. The number of benzene rings is 2. The van der Waals surface area contributed by atoms with Gasteiger partial charge in [0.1, 0.15) is 6.61 Å². The van der Waals surface area contributed by atoms with E-state index in [9.17, 15) is 19.5 Å². The van der Waals surface area contributed by atoms with Gasteiger partial charge in [0.25, 0.3) is 0 Å². The largest absolute Gasteiger partial charge is 0.481 e. The number of carboxylic acid groups (broad SMARTS) is 1. The van der Waals surface area contributed by atoms with Gasteiger partial charge in [0.05, 0.1) is 17.9 Å². The van der Waals surface area contributed by atoms with E-state index in [-0.39, 0.29) is 31.5 Å². The second kappa shape index (κ2) is 10.5. The minimum atomic E-state index is -1.18. The maximum Gasteiger partial charge on any atom is 0.407 e. The third-order valence-corrected chi connectivity index (χ3v) is 6.20. The van der Waals surface area contributed by atoms with E-state index in [1.54, 1.807) is 6.92 Å². The molecule has 0 saturated carbocycles. The number of amides is 2. The van der Waals surface area contributed by atoms with Crippen molar-refractivity contribution in [2.75, 3.05) is 19.7 Å². The number of rotatable bonds is 10. The van der Waals surface area contributed by atoms with E-state index in [2.05, 4.69) is 22.8 Å². The van der Waals surface area contributed by atoms with Crippen LogP contribution < -0.4 is 10.6 Å². The molecule has 8 heteroatoms. The van der Waals surface area contributed by atoms with Crippen molar-refractivity contribution in [3.05, 3.63) is 59.7 Å². The summed E-state index contributed by atoms with van der Waals surface area (Å²) in [6.07, 6.45) is -1.82. The van der Waals surface area contributed by atoms with Crippen molar-refractivity contribution >= 4 is 18.0 Å². The Balaban J connectivity index is 1.54. The summed E-state index contributed by atoms with van der Waals surface area (Å²) in [7, 11) is 0. The molecule has 33 heavy (non-hydrogen) atoms. The topological polar surface area (TPSA) is 125 Å². The zero-order valence-electron chi connectivity index (χ0n) is 18.8. The van der Waals surface area contributed by atoms with Crippen LogP contribution in [0.15, 0.2) is 48.5 Å². The van der Waals surface area contributed by atoms with Crippen LogP contribution in [-0.2, 0) is 14.3 Å². The van der Waals surface area contributed by atoms with E-state index < -0.39 is 30.0 Å². The monoisotopic (exact) mass is 454 g/mol. The molecular formula is C25H30N2O6. The molecule has 0 bridgehead atoms. The number of hydrogen-bond donors (Lipinski definition) is 4. The van der Waals surface area contributed by atoms with E-state index in [0.29, 0.717) is 6.42 Å². The summed E-state index contributed by atoms with van der Waals surface area (Å²) in [5, 5.41) is 23.6. The molecule has 0 spiro atoms. The molecule has 0 aromatic heterocycles. The van der Waals surface area contributed by atoms with Crippen LogP contribution in [0.3, 0.4) is 0 Å². The fourth-order valence-electron chi connectivity index (χ4n) is 3.98. The number of nitrogens with one attached hydrogen (secondary N) is 2. The molecule has 1 aliphatic carbocycles. The molecule has 0 heterocycles. The number of fused-ring (bicyclic) bond motifs is 3. The Morgan fingerprint density at radius 2 is 1.61 bits per heavy atom. The Labute approximate surface area is 193 Å². The predicted molar refractivity (Wildman–Crippen MR) is 123 cm³/mol. The molecule has 2 atom stereocenters. The number of ether oxygens (including phenoxy) is 1. The predicted octanol–water partition coefficient (Wildman–Crippen LogP) is 2.89. The number of aliphatic hydroxyl groups is 1. The standard InChI is InChI=1S/C25H30N2O6/c1-3-25(2,23(31)26-13-16(28)12-22(29)30)15-27-24(32)33-14-21-19-10-6-4-8-17(19)18-9-5-7-11-20(18)21/h4-11,16,21,28H,3,12-15H2,1-2H3,(H,26,31)(H,27,32)(H,29,30). The number of carbonyl (C=O) groups is 3. The molecular weight excluding hydrogens is 424 g/mol. The van der Waals surface area contributed by atoms with Gasteiger partial charge in [0, 0.05) is 19.0 Å². The second-order valence-electron chi connectivity index (χ2n) is 8.56. The van der Waals surface area contributed by atoms with Crippen molar-refractivity contribution in [3.63, 3.8) is 0 Å². The molecule has 0 fully saturated rings. The molecule has 0 radical (unpaired) electrons. The first kappa shape index (κ1) is 24.3. The SMILES string of the molecule is CCC(C)(CNC(=O)OCC1c2ccccc2-c2ccccc21)C(=O)NCC(O)CC(=O)O. The van der Waals surface area contributed by atoms with Gasteiger partial charge in [0.15, 0.2) is 0 Å². The molecule has 3 rings (SSSR count). The smallest absolute Gasteiger partial charge is 0.407 e. The maximum absolute atomic E-state index is 12.6. The van der Waals surface area contributed by atoms with Gasteiger partial charge in [0.2, 0.25) is 5.91 Å². The van der Waals surface area contributed by atoms with Crippen LogP contribution in [-0.4, -0.2) is 54.0 Å². The Morgan fingerprint density at radius 3 is 2.15 bits per heavy atom. The highest BCUT2D eigenvalue weighted by atomic mass is 16.5. The molecule has 8 nitrogen and oxygen atoms in total. The van der Waals surface area contributed by atoms with Gasteiger partial charge in [-0.3, -0.25) is 9.59 Å². The van der Waals surface area contributed by atoms with Gasteiger partial charge in [-0.1, -0.05) is 55.5 Å². The maximum atomic E-state index is 12.6. The zero-order chi connectivity index (χ0) is 24.0. The number of aliphatic hydroxyl groups excluding tert-OH is 1. The zero-order valence-corrected chi connectivity index (χ0v) is 18.8. The molecule has 1 aliphatic rings. The highest BCUT2D eigenvalue weighted by molar-refractivity contribution is 5.83. The summed E-state index contributed by atoms with van der Waals surface area (Å²) in [5.74, 6) is -1.58. The lowest BCUT2D eigenvalue weighted by Gasteiger charge is -2.27. The summed E-state index contributed by atoms with van der Waals surface area (Å²) in [5.41, 5.74) is 3.58. The Kier molecular flexibility index (Phi) is 7.71. The van der Waals surface area contributed by atoms with Crippen molar-refractivity contribution in [1.29, 1.82) is 0 Å². The van der Waals surface area contributed by atoms with Crippen LogP contribution in [0, 0.1) is 5.41 Å². The number of carboxylic acids is 1. The van der Waals surface area contributed by atoms with Gasteiger partial charge in [-0.05, 0) is 35.6 Å². The summed E-state index contributed by atoms with van der Waals surface area (Å²) in [6, 6.07) is 16.1. The lowest BCUT2D eigenvalue weighted by molar-refractivity contribution is -0.140. The van der Waals surface area contributed by atoms with E-state index in [1.165, 1.54) is 0 Å². The molecule has 2 amide bonds. The van der Waals surface area contributed by atoms with Gasteiger partial charge in [-0.25, -0.2) is 4.79 Å². The Morgan fingerprint density at radius 1 is 1.03 bits per heavy atom. The fourth-order valence-corrected chi connectivity index (χ4v) is 3.98. The molecule has 4 N–H and O–H groups in total. The normalized spacial score (nSPS) is 15.0. The third-order valence-electron chi connectivity index (χ3n) is 6.20. The molecule has 0 aliphatic heterocycles. The van der Waals surface area contributed by atoms with Crippen LogP contribution in [0.4, 0.5) is 4.79 Å². The van der Waals surface area contributed by atoms with Crippen molar-refractivity contribution in [2.24, 2.45) is 5.41 Å². The van der Waals surface area contributed by atoms with Gasteiger partial charge in [-0.2, -0.15) is 0 Å². The van der Waals surface area contributed by atoms with E-state index in [0.717, 1.165) is 22.3 Å². The van der Waals surface area contributed by atoms with Gasteiger partial charge in [-0.15, -0.1) is 0 Å². The molecule has 2 unspecified atom stereocenters. The lowest BCUT2D eigenvalue weighted by atomic mass is 9.86. The highest BCUT2D eigenvalue weighted by Crippen LogP contribution is 2.44. The molecule has 0 saturated heterocycles. The summed E-state index contributed by atoms with van der Waals surface area (Å²) >= 11 is 0. The Hall–Kier alpha value is -3.39. The minimum Gasteiger partial charge on any atom is -0.481 e. The summed E-state index contributed by atoms with van der Waals surface area (Å²) < 4.78 is 5.51. The van der Waals surface area contributed by atoms with Gasteiger partial charge < -0.3 is 25.6 Å². The average molecular weight is 455 g/mol. The van der Waals surface area contributed by atoms with Crippen molar-refractivity contribution in [3.8, 4) is 11.1 Å². The molecule has 2 aromatic rings. The first-order valence-corrected chi connectivity index (χ1v) is 11.0. The summed E-state index contributed by atoms with van der Waals surface area (Å²) in [4.78, 5) is 35.6. The van der Waals surface area contributed by atoms with Crippen LogP contribution in [0.1, 0.15) is 43.7 Å². The van der Waals surface area contributed by atoms with E-state index >= 15 is 0 Å². The Bertz CT molecular complexity index is 978. The quantitative estimate of drug-likeness (QED) is 0.438. The number of hydrogen-bond acceptors (Lipinski definition) is 5. The number of alkyl carbamates (subject to hydrolysis) is 1. The number of aliphatic carboxylic acids is 1. The first-order chi connectivity index (χ1) is 15.7. The minimum absolute atomic E-state index is 0.0427. The van der Waals surface area contributed by atoms with Crippen LogP contribution in [0.25, 0.3) is 11.1 Å². The molecule has 2 aromatic carbocycles. The van der Waals surface area contributed by atoms with Crippen molar-refractivity contribution in [1.82, 2.24) is 10.6 Å². The average Bonchev–Trinajstić information content (AvgIpc) is 3.13. The third kappa shape index (κ3) is 5.70. The van der Waals surface area contributed by atoms with Crippen molar-refractivity contribution < 1.29 is 29.3 Å². The highest BCUT2D eigenvalue weighted by Gasteiger charge is 2.33. The van der Waals surface area contributed by atoms with Crippen LogP contribution >= 0.6 is 0 Å². The molecule has 176 valence electrons. The second-order valence-corrected chi connectivity index (χ2v) is 8.56. The van der Waals surface area contributed by atoms with Gasteiger partial charge >= 0.3 is 12.1 Å². The summed E-state index contributed by atoms with van der Waals surface area (Å²) in [6.45, 7) is 3.55. The van der Waals surface area contributed by atoms with Crippen molar-refractivity contribution in [2.45, 2.75) is 38.7 Å². The lowest BCUT2D eigenvalue weighted by Crippen LogP contribution is -2.48. The van der Waals surface area contributed by atoms with E-state index in [4.69, 9.17) is 9.84 Å². The number of carbonyl (C=O) groups excluding carboxylic acids is 2. The first-order valence-electron chi connectivity index (χ1n) is 11.0. The van der Waals surface area contributed by atoms with Crippen LogP contribution in [0.2, 0.25) is 0 Å². The van der Waals surface area contributed by atoms with Crippen LogP contribution in [0.5, 0.6) is 0 Å².